The van der Waals surface area contributed by atoms with E-state index in [0.717, 1.165) is 5.56 Å². The van der Waals surface area contributed by atoms with Crippen LogP contribution in [0.25, 0.3) is 0 Å². The van der Waals surface area contributed by atoms with Gasteiger partial charge in [-0.1, -0.05) is 0 Å². The summed E-state index contributed by atoms with van der Waals surface area (Å²) < 4.78 is 0. The van der Waals surface area contributed by atoms with Crippen LogP contribution in [0, 0.1) is 6.92 Å². The first-order valence-corrected chi connectivity index (χ1v) is 4.90. The fourth-order valence-corrected chi connectivity index (χ4v) is 1.19. The molecule has 0 fully saturated rings. The van der Waals surface area contributed by atoms with Gasteiger partial charge >= 0.3 is 0 Å². The Morgan fingerprint density at radius 3 is 2.38 bits per heavy atom. The highest BCUT2D eigenvalue weighted by atomic mass is 16.3. The van der Waals surface area contributed by atoms with Crippen LogP contribution in [-0.2, 0) is 0 Å². The lowest BCUT2D eigenvalue weighted by Crippen LogP contribution is -2.49. The van der Waals surface area contributed by atoms with Crippen LogP contribution in [0.5, 0.6) is 0 Å². The molecule has 0 unspecified atom stereocenters. The molecule has 0 saturated heterocycles. The second-order valence-electron chi connectivity index (χ2n) is 3.77. The number of aromatic nitrogens is 1. The molecule has 6 N–H and O–H groups in total. The maximum absolute atomic E-state index is 9.15. The Bertz CT molecular complexity index is 345. The summed E-state index contributed by atoms with van der Waals surface area (Å²) in [5.74, 6) is 0.345. The second-order valence-corrected chi connectivity index (χ2v) is 3.77. The highest BCUT2D eigenvalue weighted by Crippen LogP contribution is 2.22. The van der Waals surface area contributed by atoms with Gasteiger partial charge in [-0.05, 0) is 18.6 Å². The van der Waals surface area contributed by atoms with Gasteiger partial charge in [0.05, 0.1) is 25.5 Å². The van der Waals surface area contributed by atoms with Crippen molar-refractivity contribution in [1.29, 1.82) is 0 Å². The smallest absolute Gasteiger partial charge is 0.150 e. The summed E-state index contributed by atoms with van der Waals surface area (Å²) in [5.41, 5.74) is 5.84. The second kappa shape index (κ2) is 5.11. The molecule has 6 nitrogen and oxygen atoms in total. The van der Waals surface area contributed by atoms with Gasteiger partial charge < -0.3 is 26.4 Å². The van der Waals surface area contributed by atoms with Gasteiger partial charge in [0.1, 0.15) is 11.4 Å². The Hall–Kier alpha value is -1.37. The minimum atomic E-state index is -1.21. The number of pyridine rings is 1. The molecule has 1 rings (SSSR count). The van der Waals surface area contributed by atoms with E-state index in [0.29, 0.717) is 11.5 Å². The number of aryl methyl sites for hydroxylation is 1. The molecular formula is C10H17N3O3. The van der Waals surface area contributed by atoms with Gasteiger partial charge in [0.2, 0.25) is 0 Å². The van der Waals surface area contributed by atoms with Crippen molar-refractivity contribution in [1.82, 2.24) is 4.98 Å². The zero-order chi connectivity index (χ0) is 12.2. The van der Waals surface area contributed by atoms with Gasteiger partial charge in [0, 0.05) is 6.20 Å². The fraction of sp³-hybridized carbons (Fsp3) is 0.500. The van der Waals surface area contributed by atoms with Crippen LogP contribution < -0.4 is 11.1 Å². The van der Waals surface area contributed by atoms with Crippen LogP contribution in [0.3, 0.4) is 0 Å². The number of nitrogen functional groups attached to an aromatic ring is 1. The van der Waals surface area contributed by atoms with Crippen molar-refractivity contribution in [3.63, 3.8) is 0 Å². The molecule has 6 heteroatoms. The number of rotatable bonds is 5. The number of aliphatic hydroxyl groups is 3. The summed E-state index contributed by atoms with van der Waals surface area (Å²) in [6, 6.07) is 1.75. The van der Waals surface area contributed by atoms with Crippen LogP contribution in [0.4, 0.5) is 11.5 Å². The lowest BCUT2D eigenvalue weighted by molar-refractivity contribution is 0.0831. The predicted molar refractivity (Wildman–Crippen MR) is 61.0 cm³/mol. The van der Waals surface area contributed by atoms with Gasteiger partial charge in [-0.15, -0.1) is 0 Å². The summed E-state index contributed by atoms with van der Waals surface area (Å²) in [6.45, 7) is 0.555. The van der Waals surface area contributed by atoms with Crippen LogP contribution >= 0.6 is 0 Å². The van der Waals surface area contributed by atoms with E-state index in [4.69, 9.17) is 21.1 Å². The average molecular weight is 227 g/mol. The van der Waals surface area contributed by atoms with E-state index in [1.807, 2.05) is 6.92 Å². The average Bonchev–Trinajstić information content (AvgIpc) is 2.32. The monoisotopic (exact) mass is 227 g/mol. The maximum Gasteiger partial charge on any atom is 0.150 e. The predicted octanol–water partition coefficient (Wildman–Crippen LogP) is -0.900. The first-order chi connectivity index (χ1) is 7.58. The highest BCUT2D eigenvalue weighted by molar-refractivity contribution is 5.65. The van der Waals surface area contributed by atoms with E-state index in [1.54, 1.807) is 12.3 Å². The molecule has 0 atom stereocenters. The van der Waals surface area contributed by atoms with Gasteiger partial charge in [-0.25, -0.2) is 4.98 Å². The molecule has 0 saturated carbocycles. The molecule has 90 valence electrons. The number of hydrogen-bond acceptors (Lipinski definition) is 6. The van der Waals surface area contributed by atoms with Crippen LogP contribution in [0.2, 0.25) is 0 Å². The van der Waals surface area contributed by atoms with E-state index in [1.165, 1.54) is 0 Å². The Kier molecular flexibility index (Phi) is 4.05. The van der Waals surface area contributed by atoms with E-state index in [-0.39, 0.29) is 0 Å². The summed E-state index contributed by atoms with van der Waals surface area (Å²) in [7, 11) is 0. The largest absolute Gasteiger partial charge is 0.396 e. The highest BCUT2D eigenvalue weighted by Gasteiger charge is 2.28. The van der Waals surface area contributed by atoms with Crippen molar-refractivity contribution in [2.45, 2.75) is 12.5 Å². The number of nitrogens with one attached hydrogen (secondary N) is 1. The van der Waals surface area contributed by atoms with Crippen LogP contribution in [0.15, 0.2) is 12.3 Å². The van der Waals surface area contributed by atoms with Gasteiger partial charge in [-0.2, -0.15) is 0 Å². The third kappa shape index (κ3) is 2.41. The number of nitrogens with two attached hydrogens (primary N) is 1. The van der Waals surface area contributed by atoms with E-state index >= 15 is 0 Å². The van der Waals surface area contributed by atoms with Crippen molar-refractivity contribution in [2.24, 2.45) is 0 Å². The number of anilines is 2. The number of nitrogens with zero attached hydrogens (tertiary/aromatic N) is 1. The van der Waals surface area contributed by atoms with E-state index in [2.05, 4.69) is 10.3 Å². The summed E-state index contributed by atoms with van der Waals surface area (Å²) in [4.78, 5) is 4.00. The van der Waals surface area contributed by atoms with Crippen molar-refractivity contribution >= 4 is 11.5 Å². The van der Waals surface area contributed by atoms with E-state index < -0.39 is 25.4 Å². The molecule has 0 aliphatic heterocycles. The minimum Gasteiger partial charge on any atom is -0.396 e. The lowest BCUT2D eigenvalue weighted by Gasteiger charge is -2.29. The Balaban J connectivity index is 2.98. The standard InChI is InChI=1S/C10H17N3O3/c1-7-2-3-12-9(8(7)11)13-10(4-14,5-15)6-16/h2-3,14-16H,4-6,11H2,1H3,(H,12,13). The minimum absolute atomic E-state index is 0.345. The van der Waals surface area contributed by atoms with Crippen LogP contribution in [0.1, 0.15) is 5.56 Å². The molecule has 0 aliphatic rings. The molecule has 1 heterocycles. The normalized spacial score (nSPS) is 11.5. The molecule has 0 bridgehead atoms. The molecule has 1 aromatic rings. The molecule has 0 aliphatic carbocycles. The molecule has 0 aromatic carbocycles. The fourth-order valence-electron chi connectivity index (χ4n) is 1.19. The molecule has 1 aromatic heterocycles. The van der Waals surface area contributed by atoms with Crippen molar-refractivity contribution in [2.75, 3.05) is 30.9 Å². The van der Waals surface area contributed by atoms with Crippen molar-refractivity contribution < 1.29 is 15.3 Å². The Morgan fingerprint density at radius 1 is 1.31 bits per heavy atom. The Labute approximate surface area is 93.7 Å². The quantitative estimate of drug-likeness (QED) is 0.446. The Morgan fingerprint density at radius 2 is 1.88 bits per heavy atom. The molecule has 0 amide bonds. The molecule has 0 spiro atoms. The topological polar surface area (TPSA) is 112 Å². The zero-order valence-electron chi connectivity index (χ0n) is 9.14. The van der Waals surface area contributed by atoms with Crippen molar-refractivity contribution in [3.8, 4) is 0 Å². The van der Waals surface area contributed by atoms with Crippen LogP contribution in [-0.4, -0.2) is 45.7 Å². The third-order valence-corrected chi connectivity index (χ3v) is 2.50. The summed E-state index contributed by atoms with van der Waals surface area (Å²) in [6.07, 6.45) is 1.56. The first kappa shape index (κ1) is 12.7. The third-order valence-electron chi connectivity index (χ3n) is 2.50. The zero-order valence-corrected chi connectivity index (χ0v) is 9.14. The first-order valence-electron chi connectivity index (χ1n) is 4.90. The molecule has 16 heavy (non-hydrogen) atoms. The summed E-state index contributed by atoms with van der Waals surface area (Å²) in [5, 5.41) is 30.2. The maximum atomic E-state index is 9.15. The van der Waals surface area contributed by atoms with E-state index in [9.17, 15) is 0 Å². The molecular weight excluding hydrogens is 210 g/mol. The van der Waals surface area contributed by atoms with Gasteiger partial charge in [0.25, 0.3) is 0 Å². The van der Waals surface area contributed by atoms with Gasteiger partial charge in [-0.3, -0.25) is 0 Å². The summed E-state index contributed by atoms with van der Waals surface area (Å²) >= 11 is 0. The SMILES string of the molecule is Cc1ccnc(NC(CO)(CO)CO)c1N. The number of hydrogen-bond donors (Lipinski definition) is 5. The van der Waals surface area contributed by atoms with Crippen molar-refractivity contribution in [3.05, 3.63) is 17.8 Å². The number of aliphatic hydroxyl groups excluding tert-OH is 3. The van der Waals surface area contributed by atoms with Gasteiger partial charge in [0.15, 0.2) is 0 Å². The molecule has 0 radical (unpaired) electrons. The lowest BCUT2D eigenvalue weighted by atomic mass is 10.0.